The Morgan fingerprint density at radius 2 is 1.71 bits per heavy atom. The molecule has 142 valence electrons. The molecule has 0 unspecified atom stereocenters. The lowest BCUT2D eigenvalue weighted by Gasteiger charge is -2.27. The molecule has 2 heterocycles. The number of aromatic amines is 2. The van der Waals surface area contributed by atoms with Gasteiger partial charge in [0, 0.05) is 11.1 Å². The van der Waals surface area contributed by atoms with Crippen LogP contribution in [0.4, 0.5) is 10.2 Å². The Labute approximate surface area is 160 Å². The third kappa shape index (κ3) is 3.93. The van der Waals surface area contributed by atoms with Gasteiger partial charge in [-0.2, -0.15) is 0 Å². The van der Waals surface area contributed by atoms with E-state index in [1.54, 1.807) is 12.1 Å². The zero-order chi connectivity index (χ0) is 19.7. The normalized spacial score (nSPS) is 11.7. The lowest BCUT2D eigenvalue weighted by molar-refractivity contribution is 0.558. The Hall–Kier alpha value is -3.48. The summed E-state index contributed by atoms with van der Waals surface area (Å²) in [7, 11) is 0. The van der Waals surface area contributed by atoms with Gasteiger partial charge in [-0.15, -0.1) is 10.2 Å². The number of benzene rings is 2. The van der Waals surface area contributed by atoms with Crippen LogP contribution in [-0.2, 0) is 6.42 Å². The van der Waals surface area contributed by atoms with Gasteiger partial charge in [0.05, 0.1) is 16.7 Å². The van der Waals surface area contributed by atoms with Crippen LogP contribution in [0.3, 0.4) is 0 Å². The highest BCUT2D eigenvalue weighted by molar-refractivity contribution is 5.80. The van der Waals surface area contributed by atoms with Gasteiger partial charge in [0.2, 0.25) is 0 Å². The zero-order valence-electron chi connectivity index (χ0n) is 15.6. The Balaban J connectivity index is 1.50. The van der Waals surface area contributed by atoms with Gasteiger partial charge in [0.25, 0.3) is 0 Å². The topological polar surface area (TPSA) is 86.5 Å². The average Bonchev–Trinajstić information content (AvgIpc) is 3.03. The van der Waals surface area contributed by atoms with Crippen molar-refractivity contribution in [2.75, 3.05) is 5.32 Å². The van der Waals surface area contributed by atoms with Crippen molar-refractivity contribution in [3.05, 3.63) is 76.5 Å². The number of imidazole rings is 1. The van der Waals surface area contributed by atoms with E-state index in [2.05, 4.69) is 39.3 Å². The van der Waals surface area contributed by atoms with E-state index >= 15 is 0 Å². The standard InChI is InChI=1S/C21H20FN5O/c1-21(2,12-13-3-6-15(22)7-4-13)25-19-10-9-16(26-27-19)14-5-8-17-18(11-14)24-20(28)23-17/h3-11H,12H2,1-2H3,(H,25,27)(H2,23,24,28). The molecule has 0 atom stereocenters. The first kappa shape index (κ1) is 17.9. The summed E-state index contributed by atoms with van der Waals surface area (Å²) in [5.41, 5.74) is 3.59. The van der Waals surface area contributed by atoms with Crippen molar-refractivity contribution >= 4 is 16.9 Å². The third-order valence-electron chi connectivity index (χ3n) is 4.50. The second kappa shape index (κ2) is 6.92. The van der Waals surface area contributed by atoms with Crippen LogP contribution in [0.1, 0.15) is 19.4 Å². The third-order valence-corrected chi connectivity index (χ3v) is 4.50. The maximum atomic E-state index is 13.1. The van der Waals surface area contributed by atoms with Crippen LogP contribution in [0.5, 0.6) is 0 Å². The van der Waals surface area contributed by atoms with E-state index in [1.807, 2.05) is 30.3 Å². The first-order valence-electron chi connectivity index (χ1n) is 8.97. The maximum Gasteiger partial charge on any atom is 0.323 e. The fourth-order valence-electron chi connectivity index (χ4n) is 3.25. The number of hydrogen-bond acceptors (Lipinski definition) is 4. The smallest absolute Gasteiger partial charge is 0.323 e. The number of nitrogens with one attached hydrogen (secondary N) is 3. The molecule has 0 radical (unpaired) electrons. The lowest BCUT2D eigenvalue weighted by atomic mass is 9.95. The minimum absolute atomic E-state index is 0.235. The Morgan fingerprint density at radius 3 is 2.43 bits per heavy atom. The number of rotatable bonds is 5. The van der Waals surface area contributed by atoms with Gasteiger partial charge in [-0.1, -0.05) is 18.2 Å². The van der Waals surface area contributed by atoms with E-state index in [9.17, 15) is 9.18 Å². The molecule has 4 rings (SSSR count). The molecule has 0 spiro atoms. The highest BCUT2D eigenvalue weighted by Crippen LogP contribution is 2.22. The van der Waals surface area contributed by atoms with Crippen molar-refractivity contribution in [1.82, 2.24) is 20.2 Å². The number of nitrogens with zero attached hydrogens (tertiary/aromatic N) is 2. The zero-order valence-corrected chi connectivity index (χ0v) is 15.6. The van der Waals surface area contributed by atoms with Crippen molar-refractivity contribution in [1.29, 1.82) is 0 Å². The summed E-state index contributed by atoms with van der Waals surface area (Å²) in [6, 6.07) is 15.9. The van der Waals surface area contributed by atoms with E-state index in [-0.39, 0.29) is 17.0 Å². The summed E-state index contributed by atoms with van der Waals surface area (Å²) < 4.78 is 13.1. The van der Waals surface area contributed by atoms with Gasteiger partial charge in [0.1, 0.15) is 11.6 Å². The van der Waals surface area contributed by atoms with Gasteiger partial charge in [-0.3, -0.25) is 0 Å². The van der Waals surface area contributed by atoms with Crippen molar-refractivity contribution in [2.45, 2.75) is 25.8 Å². The minimum Gasteiger partial charge on any atom is -0.363 e. The van der Waals surface area contributed by atoms with Crippen molar-refractivity contribution in [3.8, 4) is 11.3 Å². The molecule has 0 aliphatic carbocycles. The quantitative estimate of drug-likeness (QED) is 0.493. The number of hydrogen-bond donors (Lipinski definition) is 3. The van der Waals surface area contributed by atoms with Crippen LogP contribution >= 0.6 is 0 Å². The molecule has 7 heteroatoms. The molecule has 6 nitrogen and oxygen atoms in total. The SMILES string of the molecule is CC(C)(Cc1ccc(F)cc1)Nc1ccc(-c2ccc3[nH]c(=O)[nH]c3c2)nn1. The van der Waals surface area contributed by atoms with Crippen LogP contribution in [-0.4, -0.2) is 25.7 Å². The molecular formula is C21H20FN5O. The molecule has 0 fully saturated rings. The molecule has 28 heavy (non-hydrogen) atoms. The number of anilines is 1. The molecule has 2 aromatic carbocycles. The molecule has 0 saturated carbocycles. The first-order chi connectivity index (χ1) is 13.4. The molecule has 0 bridgehead atoms. The molecule has 0 amide bonds. The van der Waals surface area contributed by atoms with E-state index < -0.39 is 0 Å². The fraction of sp³-hybridized carbons (Fsp3) is 0.190. The second-order valence-electron chi connectivity index (χ2n) is 7.46. The van der Waals surface area contributed by atoms with Crippen LogP contribution < -0.4 is 11.0 Å². The Kier molecular flexibility index (Phi) is 4.43. The van der Waals surface area contributed by atoms with Crippen LogP contribution in [0.2, 0.25) is 0 Å². The second-order valence-corrected chi connectivity index (χ2v) is 7.46. The number of fused-ring (bicyclic) bond motifs is 1. The monoisotopic (exact) mass is 377 g/mol. The lowest BCUT2D eigenvalue weighted by Crippen LogP contribution is -2.33. The fourth-order valence-corrected chi connectivity index (χ4v) is 3.25. The highest BCUT2D eigenvalue weighted by atomic mass is 19.1. The van der Waals surface area contributed by atoms with Crippen LogP contribution in [0, 0.1) is 5.82 Å². The molecular weight excluding hydrogens is 357 g/mol. The number of halogens is 1. The molecule has 4 aromatic rings. The Bertz CT molecular complexity index is 1160. The molecule has 0 aliphatic rings. The maximum absolute atomic E-state index is 13.1. The van der Waals surface area contributed by atoms with Crippen LogP contribution in [0.15, 0.2) is 59.4 Å². The minimum atomic E-state index is -0.280. The summed E-state index contributed by atoms with van der Waals surface area (Å²) >= 11 is 0. The van der Waals surface area contributed by atoms with E-state index in [0.717, 1.165) is 22.2 Å². The van der Waals surface area contributed by atoms with Gasteiger partial charge < -0.3 is 15.3 Å². The predicted octanol–water partition coefficient (Wildman–Crippen LogP) is 3.89. The number of aromatic nitrogens is 4. The number of H-pyrrole nitrogens is 2. The summed E-state index contributed by atoms with van der Waals surface area (Å²) in [5.74, 6) is 0.421. The Morgan fingerprint density at radius 1 is 0.964 bits per heavy atom. The van der Waals surface area contributed by atoms with Gasteiger partial charge in [0.15, 0.2) is 0 Å². The van der Waals surface area contributed by atoms with Gasteiger partial charge in [-0.25, -0.2) is 9.18 Å². The molecule has 0 saturated heterocycles. The molecule has 0 aliphatic heterocycles. The van der Waals surface area contributed by atoms with Gasteiger partial charge in [-0.05, 0) is 62.2 Å². The van der Waals surface area contributed by atoms with Crippen molar-refractivity contribution in [3.63, 3.8) is 0 Å². The summed E-state index contributed by atoms with van der Waals surface area (Å²) in [4.78, 5) is 16.9. The largest absolute Gasteiger partial charge is 0.363 e. The van der Waals surface area contributed by atoms with Crippen molar-refractivity contribution in [2.24, 2.45) is 0 Å². The van der Waals surface area contributed by atoms with E-state index in [0.29, 0.717) is 17.9 Å². The highest BCUT2D eigenvalue weighted by Gasteiger charge is 2.19. The van der Waals surface area contributed by atoms with E-state index in [4.69, 9.17) is 0 Å². The first-order valence-corrected chi connectivity index (χ1v) is 8.97. The van der Waals surface area contributed by atoms with Crippen LogP contribution in [0.25, 0.3) is 22.3 Å². The predicted molar refractivity (Wildman–Crippen MR) is 108 cm³/mol. The van der Waals surface area contributed by atoms with Crippen molar-refractivity contribution < 1.29 is 4.39 Å². The summed E-state index contributed by atoms with van der Waals surface area (Å²) in [5, 5.41) is 12.0. The van der Waals surface area contributed by atoms with Gasteiger partial charge >= 0.3 is 5.69 Å². The van der Waals surface area contributed by atoms with E-state index in [1.165, 1.54) is 12.1 Å². The molecule has 3 N–H and O–H groups in total. The molecule has 2 aromatic heterocycles. The summed E-state index contributed by atoms with van der Waals surface area (Å²) in [6.45, 7) is 4.12. The average molecular weight is 377 g/mol. The summed E-state index contributed by atoms with van der Waals surface area (Å²) in [6.07, 6.45) is 0.716.